The van der Waals surface area contributed by atoms with Crippen molar-refractivity contribution in [3.05, 3.63) is 54.2 Å². The quantitative estimate of drug-likeness (QED) is 0.314. The number of fused-ring (bicyclic) bond motifs is 3. The van der Waals surface area contributed by atoms with Crippen molar-refractivity contribution in [3.8, 4) is 11.5 Å². The lowest BCUT2D eigenvalue weighted by Crippen LogP contribution is -2.38. The second-order valence-corrected chi connectivity index (χ2v) is 10.0. The van der Waals surface area contributed by atoms with Crippen LogP contribution in [0.25, 0.3) is 10.9 Å². The van der Waals surface area contributed by atoms with Crippen LogP contribution < -0.4 is 20.1 Å². The van der Waals surface area contributed by atoms with E-state index in [9.17, 15) is 14.7 Å². The molecular formula is C28H33N3O6. The molecule has 4 N–H and O–H groups in total. The van der Waals surface area contributed by atoms with E-state index in [-0.39, 0.29) is 25.2 Å². The molecule has 1 spiro atoms. The molecule has 1 fully saturated rings. The zero-order valence-electron chi connectivity index (χ0n) is 20.9. The monoisotopic (exact) mass is 507 g/mol. The van der Waals surface area contributed by atoms with Gasteiger partial charge in [-0.05, 0) is 50.1 Å². The molecule has 0 bridgehead atoms. The molecule has 1 aliphatic carbocycles. The van der Waals surface area contributed by atoms with Gasteiger partial charge in [-0.15, -0.1) is 0 Å². The Balaban J connectivity index is 1.16. The summed E-state index contributed by atoms with van der Waals surface area (Å²) in [5.74, 6) is 0.252. The minimum Gasteiger partial charge on any atom is -0.490 e. The number of carbonyl (C=O) groups excluding carboxylic acids is 1. The number of nitrogens with zero attached hydrogens (tertiary/aromatic N) is 1. The molecular weight excluding hydrogens is 474 g/mol. The summed E-state index contributed by atoms with van der Waals surface area (Å²) in [6.45, 7) is 2.78. The van der Waals surface area contributed by atoms with E-state index in [0.717, 1.165) is 47.8 Å². The maximum absolute atomic E-state index is 12.8. The number of carboxylic acids is 1. The molecule has 9 heteroatoms. The number of nitrogens with one attached hydrogen (secondary N) is 2. The van der Waals surface area contributed by atoms with Gasteiger partial charge >= 0.3 is 5.97 Å². The highest BCUT2D eigenvalue weighted by atomic mass is 16.5. The molecule has 2 aromatic carbocycles. The molecule has 9 nitrogen and oxygen atoms in total. The van der Waals surface area contributed by atoms with Gasteiger partial charge in [-0.3, -0.25) is 4.79 Å². The van der Waals surface area contributed by atoms with Crippen LogP contribution in [-0.2, 0) is 21.5 Å². The summed E-state index contributed by atoms with van der Waals surface area (Å²) in [5.41, 5.74) is 2.21. The maximum atomic E-state index is 12.8. The summed E-state index contributed by atoms with van der Waals surface area (Å²) in [6, 6.07) is 13.2. The largest absolute Gasteiger partial charge is 0.490 e. The number of aliphatic hydroxyl groups is 1. The van der Waals surface area contributed by atoms with Gasteiger partial charge in [0, 0.05) is 42.0 Å². The summed E-state index contributed by atoms with van der Waals surface area (Å²) < 4.78 is 13.5. The van der Waals surface area contributed by atoms with Gasteiger partial charge < -0.3 is 34.9 Å². The first-order valence-electron chi connectivity index (χ1n) is 12.8. The standard InChI is InChI=1S/C28H33N3O6/c1-18(15-31-13-10-20-22(31)7-5-8-23(20)37-17-25(33)34)29-14-19(32)16-36-24-9-4-6-21-26(24)28(27(35)30-21)11-2-3-12-28/h4-10,13,18-19,29,32H,2-3,11-12,14-17H2,1H3,(H,30,35)(H,33,34)/t18-,19+/m1/s1. The van der Waals surface area contributed by atoms with E-state index in [2.05, 4.69) is 15.2 Å². The first kappa shape index (κ1) is 25.1. The van der Waals surface area contributed by atoms with Crippen molar-refractivity contribution in [1.82, 2.24) is 9.88 Å². The van der Waals surface area contributed by atoms with Crippen LogP contribution >= 0.6 is 0 Å². The van der Waals surface area contributed by atoms with E-state index in [0.29, 0.717) is 24.6 Å². The van der Waals surface area contributed by atoms with Crippen molar-refractivity contribution in [2.75, 3.05) is 25.1 Å². The van der Waals surface area contributed by atoms with Crippen molar-refractivity contribution in [2.24, 2.45) is 0 Å². The second-order valence-electron chi connectivity index (χ2n) is 10.0. The molecule has 2 heterocycles. The molecule has 1 amide bonds. The molecule has 5 rings (SSSR count). The van der Waals surface area contributed by atoms with Crippen molar-refractivity contribution < 1.29 is 29.3 Å². The lowest BCUT2D eigenvalue weighted by molar-refractivity contribution is -0.139. The number of ether oxygens (including phenoxy) is 2. The summed E-state index contributed by atoms with van der Waals surface area (Å²) >= 11 is 0. The van der Waals surface area contributed by atoms with Gasteiger partial charge in [-0.2, -0.15) is 0 Å². The molecule has 37 heavy (non-hydrogen) atoms. The lowest BCUT2D eigenvalue weighted by Gasteiger charge is -2.24. The highest BCUT2D eigenvalue weighted by Crippen LogP contribution is 2.52. The van der Waals surface area contributed by atoms with Gasteiger partial charge in [-0.25, -0.2) is 4.79 Å². The summed E-state index contributed by atoms with van der Waals surface area (Å²) in [6.07, 6.45) is 4.93. The van der Waals surface area contributed by atoms with Crippen molar-refractivity contribution in [2.45, 2.75) is 56.7 Å². The van der Waals surface area contributed by atoms with E-state index in [1.54, 1.807) is 6.07 Å². The van der Waals surface area contributed by atoms with Crippen LogP contribution in [-0.4, -0.2) is 58.6 Å². The lowest BCUT2D eigenvalue weighted by atomic mass is 9.79. The van der Waals surface area contributed by atoms with Crippen LogP contribution in [0.1, 0.15) is 38.2 Å². The van der Waals surface area contributed by atoms with Crippen LogP contribution in [0, 0.1) is 0 Å². The Morgan fingerprint density at radius 1 is 1.14 bits per heavy atom. The first-order chi connectivity index (χ1) is 17.9. The Labute approximate surface area is 215 Å². The van der Waals surface area contributed by atoms with Gasteiger partial charge in [0.05, 0.1) is 10.9 Å². The number of aromatic nitrogens is 1. The Kier molecular flexibility index (Phi) is 7.08. The Morgan fingerprint density at radius 2 is 1.89 bits per heavy atom. The fourth-order valence-electron chi connectivity index (χ4n) is 5.62. The number of carbonyl (C=O) groups is 2. The van der Waals surface area contributed by atoms with E-state index in [4.69, 9.17) is 14.6 Å². The number of rotatable bonds is 11. The number of amides is 1. The fraction of sp³-hybridized carbons (Fsp3) is 0.429. The van der Waals surface area contributed by atoms with Gasteiger partial charge in [0.25, 0.3) is 0 Å². The normalized spacial score (nSPS) is 17.5. The third-order valence-electron chi connectivity index (χ3n) is 7.37. The van der Waals surface area contributed by atoms with Crippen molar-refractivity contribution in [3.63, 3.8) is 0 Å². The number of carboxylic acid groups (broad SMARTS) is 1. The third-order valence-corrected chi connectivity index (χ3v) is 7.37. The average molecular weight is 508 g/mol. The Morgan fingerprint density at radius 3 is 2.68 bits per heavy atom. The van der Waals surface area contributed by atoms with E-state index in [1.807, 2.05) is 49.5 Å². The van der Waals surface area contributed by atoms with E-state index in [1.165, 1.54) is 0 Å². The minimum atomic E-state index is -1.02. The van der Waals surface area contributed by atoms with Crippen LogP contribution in [0.3, 0.4) is 0 Å². The van der Waals surface area contributed by atoms with Crippen LogP contribution in [0.15, 0.2) is 48.7 Å². The Hall–Kier alpha value is -3.56. The molecule has 196 valence electrons. The summed E-state index contributed by atoms with van der Waals surface area (Å²) in [4.78, 5) is 23.6. The van der Waals surface area contributed by atoms with Gasteiger partial charge in [-0.1, -0.05) is 25.0 Å². The molecule has 3 aromatic rings. The van der Waals surface area contributed by atoms with Gasteiger partial charge in [0.1, 0.15) is 24.2 Å². The third kappa shape index (κ3) is 5.01. The Bertz CT molecular complexity index is 1300. The average Bonchev–Trinajstić information content (AvgIpc) is 3.60. The van der Waals surface area contributed by atoms with Crippen LogP contribution in [0.4, 0.5) is 5.69 Å². The highest BCUT2D eigenvalue weighted by molar-refractivity contribution is 6.07. The highest BCUT2D eigenvalue weighted by Gasteiger charge is 2.50. The molecule has 2 aliphatic rings. The number of hydrogen-bond acceptors (Lipinski definition) is 6. The number of benzene rings is 2. The smallest absolute Gasteiger partial charge is 0.341 e. The SMILES string of the molecule is C[C@H](Cn1ccc2c(OCC(=O)O)cccc21)NC[C@H](O)COc1cccc2c1C1(CCCC1)C(=O)N2. The number of anilines is 1. The molecule has 0 radical (unpaired) electrons. The molecule has 0 unspecified atom stereocenters. The van der Waals surface area contributed by atoms with E-state index >= 15 is 0 Å². The van der Waals surface area contributed by atoms with Crippen molar-refractivity contribution >= 4 is 28.5 Å². The minimum absolute atomic E-state index is 0.0541. The zero-order chi connectivity index (χ0) is 26.0. The molecule has 1 aliphatic heterocycles. The van der Waals surface area contributed by atoms with Gasteiger partial charge in [0.2, 0.25) is 5.91 Å². The maximum Gasteiger partial charge on any atom is 0.341 e. The zero-order valence-corrected chi connectivity index (χ0v) is 20.9. The van der Waals surface area contributed by atoms with Gasteiger partial charge in [0.15, 0.2) is 6.61 Å². The number of aliphatic hydroxyl groups excluding tert-OH is 1. The summed E-state index contributed by atoms with van der Waals surface area (Å²) in [5, 5.41) is 26.7. The molecule has 1 aromatic heterocycles. The fourth-order valence-corrected chi connectivity index (χ4v) is 5.62. The van der Waals surface area contributed by atoms with E-state index < -0.39 is 17.5 Å². The molecule has 1 saturated carbocycles. The molecule has 2 atom stereocenters. The topological polar surface area (TPSA) is 122 Å². The molecule has 0 saturated heterocycles. The first-order valence-corrected chi connectivity index (χ1v) is 12.8. The predicted molar refractivity (Wildman–Crippen MR) is 139 cm³/mol. The van der Waals surface area contributed by atoms with Crippen LogP contribution in [0.5, 0.6) is 11.5 Å². The van der Waals surface area contributed by atoms with Crippen LogP contribution in [0.2, 0.25) is 0 Å². The summed E-state index contributed by atoms with van der Waals surface area (Å²) in [7, 11) is 0. The predicted octanol–water partition coefficient (Wildman–Crippen LogP) is 3.29. The van der Waals surface area contributed by atoms with Crippen molar-refractivity contribution in [1.29, 1.82) is 0 Å². The number of hydrogen-bond donors (Lipinski definition) is 4. The second kappa shape index (κ2) is 10.4. The number of aliphatic carboxylic acids is 1.